The van der Waals surface area contributed by atoms with E-state index in [0.29, 0.717) is 5.92 Å². The molecule has 1 unspecified atom stereocenters. The lowest BCUT2D eigenvalue weighted by Crippen LogP contribution is -2.39. The third-order valence-electron chi connectivity index (χ3n) is 4.53. The van der Waals surface area contributed by atoms with E-state index in [0.717, 1.165) is 38.6 Å². The van der Waals surface area contributed by atoms with Crippen molar-refractivity contribution < 1.29 is 0 Å². The fourth-order valence-electron chi connectivity index (χ4n) is 3.07. The minimum atomic E-state index is 0. The van der Waals surface area contributed by atoms with Gasteiger partial charge in [0.25, 0.3) is 0 Å². The first-order valence-corrected chi connectivity index (χ1v) is 10.1. The number of hydrogen-bond acceptors (Lipinski definition) is 3. The largest absolute Gasteiger partial charge is 0.364 e. The van der Waals surface area contributed by atoms with Crippen molar-refractivity contribution in [1.29, 1.82) is 0 Å². The molecule has 146 valence electrons. The minimum absolute atomic E-state index is 0. The highest BCUT2D eigenvalue weighted by Gasteiger charge is 2.09. The lowest BCUT2D eigenvalue weighted by atomic mass is 10.1. The summed E-state index contributed by atoms with van der Waals surface area (Å²) in [4.78, 5) is 8.15. The highest BCUT2D eigenvalue weighted by Crippen LogP contribution is 2.18. The Morgan fingerprint density at radius 1 is 1.19 bits per heavy atom. The van der Waals surface area contributed by atoms with Crippen LogP contribution in [-0.4, -0.2) is 32.6 Å². The summed E-state index contributed by atoms with van der Waals surface area (Å²) in [5.41, 5.74) is 2.55. The third-order valence-corrected chi connectivity index (χ3v) is 5.42. The second-order valence-electron chi connectivity index (χ2n) is 6.74. The summed E-state index contributed by atoms with van der Waals surface area (Å²) in [5, 5.41) is 9.01. The number of thiophene rings is 1. The number of nitrogens with one attached hydrogen (secondary N) is 2. The van der Waals surface area contributed by atoms with E-state index in [2.05, 4.69) is 81.4 Å². The molecule has 0 spiro atoms. The maximum atomic E-state index is 4.35. The van der Waals surface area contributed by atoms with Gasteiger partial charge in [-0.1, -0.05) is 37.3 Å². The Morgan fingerprint density at radius 2 is 2.00 bits per heavy atom. The Kier molecular flexibility index (Phi) is 9.14. The molecule has 27 heavy (non-hydrogen) atoms. The van der Waals surface area contributed by atoms with Crippen LogP contribution >= 0.6 is 35.3 Å². The number of anilines is 1. The van der Waals surface area contributed by atoms with Crippen LogP contribution in [0.1, 0.15) is 17.4 Å². The summed E-state index contributed by atoms with van der Waals surface area (Å²) in [5.74, 6) is 1.43. The first-order valence-electron chi connectivity index (χ1n) is 9.20. The molecule has 1 aromatic heterocycles. The van der Waals surface area contributed by atoms with Gasteiger partial charge < -0.3 is 15.5 Å². The van der Waals surface area contributed by atoms with E-state index < -0.39 is 0 Å². The number of halogens is 1. The molecule has 1 atom stereocenters. The van der Waals surface area contributed by atoms with Crippen molar-refractivity contribution in [3.63, 3.8) is 0 Å². The summed E-state index contributed by atoms with van der Waals surface area (Å²) in [6.45, 7) is 5.96. The van der Waals surface area contributed by atoms with Gasteiger partial charge in [0.2, 0.25) is 0 Å². The predicted octanol–water partition coefficient (Wildman–Crippen LogP) is 4.29. The van der Waals surface area contributed by atoms with Gasteiger partial charge in [0, 0.05) is 43.8 Å². The minimum Gasteiger partial charge on any atom is -0.364 e. The zero-order valence-corrected chi connectivity index (χ0v) is 19.2. The molecular weight excluding hydrogens is 467 g/mol. The van der Waals surface area contributed by atoms with Crippen LogP contribution in [0.2, 0.25) is 0 Å². The Labute approximate surface area is 183 Å². The van der Waals surface area contributed by atoms with E-state index in [4.69, 9.17) is 0 Å². The van der Waals surface area contributed by atoms with Crippen LogP contribution in [-0.2, 0) is 13.0 Å². The molecule has 2 aromatic rings. The standard InChI is InChI=1S/C21H28N4S.HI/c1-17(13-20-9-6-12-26-20)15-23-21(22-2)24-16-18-7-5-8-19(14-18)25-10-3-4-11-25;/h3-9,12,14,17H,10-11,13,15-16H2,1-2H3,(H2,22,23,24);1H. The van der Waals surface area contributed by atoms with Gasteiger partial charge in [0.1, 0.15) is 0 Å². The van der Waals surface area contributed by atoms with Crippen LogP contribution in [0.5, 0.6) is 0 Å². The molecule has 0 aliphatic carbocycles. The molecule has 0 radical (unpaired) electrons. The van der Waals surface area contributed by atoms with Gasteiger partial charge in [0.15, 0.2) is 5.96 Å². The molecule has 0 saturated heterocycles. The molecule has 0 fully saturated rings. The second-order valence-corrected chi connectivity index (χ2v) is 7.77. The quantitative estimate of drug-likeness (QED) is 0.260. The number of rotatable bonds is 7. The summed E-state index contributed by atoms with van der Waals surface area (Å²) in [6.07, 6.45) is 5.54. The monoisotopic (exact) mass is 496 g/mol. The molecule has 0 amide bonds. The second kappa shape index (κ2) is 11.3. The number of nitrogens with zero attached hydrogens (tertiary/aromatic N) is 2. The van der Waals surface area contributed by atoms with Crippen LogP contribution in [0, 0.1) is 5.92 Å². The maximum absolute atomic E-state index is 4.35. The van der Waals surface area contributed by atoms with Crippen LogP contribution in [0.3, 0.4) is 0 Å². The zero-order valence-electron chi connectivity index (χ0n) is 16.0. The molecule has 1 aromatic carbocycles. The highest BCUT2D eigenvalue weighted by molar-refractivity contribution is 14.0. The van der Waals surface area contributed by atoms with Gasteiger partial charge in [-0.05, 0) is 41.5 Å². The molecule has 2 heterocycles. The van der Waals surface area contributed by atoms with Gasteiger partial charge in [-0.3, -0.25) is 4.99 Å². The first kappa shape index (κ1) is 21.8. The Hall–Kier alpha value is -1.54. The van der Waals surface area contributed by atoms with Gasteiger partial charge in [-0.25, -0.2) is 0 Å². The molecule has 2 N–H and O–H groups in total. The average molecular weight is 496 g/mol. The molecule has 1 aliphatic heterocycles. The van der Waals surface area contributed by atoms with Crippen molar-refractivity contribution in [2.75, 3.05) is 31.6 Å². The summed E-state index contributed by atoms with van der Waals surface area (Å²) < 4.78 is 0. The molecule has 0 bridgehead atoms. The van der Waals surface area contributed by atoms with E-state index in [1.165, 1.54) is 16.1 Å². The molecule has 1 aliphatic rings. The molecule has 6 heteroatoms. The van der Waals surface area contributed by atoms with Crippen LogP contribution in [0.4, 0.5) is 5.69 Å². The van der Waals surface area contributed by atoms with Crippen molar-refractivity contribution in [3.8, 4) is 0 Å². The smallest absolute Gasteiger partial charge is 0.191 e. The number of aliphatic imine (C=N–C) groups is 1. The van der Waals surface area contributed by atoms with Crippen LogP contribution in [0.25, 0.3) is 0 Å². The van der Waals surface area contributed by atoms with E-state index in [-0.39, 0.29) is 24.0 Å². The Bertz CT molecular complexity index is 734. The lowest BCUT2D eigenvalue weighted by Gasteiger charge is -2.19. The predicted molar refractivity (Wildman–Crippen MR) is 129 cm³/mol. The lowest BCUT2D eigenvalue weighted by molar-refractivity contribution is 0.562. The SMILES string of the molecule is CN=C(NCc1cccc(N2CC=CC2)c1)NCC(C)Cc1cccs1.I. The Balaban J connectivity index is 0.00000261. The van der Waals surface area contributed by atoms with E-state index in [1.807, 2.05) is 18.4 Å². The first-order chi connectivity index (χ1) is 12.7. The summed E-state index contributed by atoms with van der Waals surface area (Å²) in [7, 11) is 1.82. The van der Waals surface area contributed by atoms with Gasteiger partial charge >= 0.3 is 0 Å². The molecule has 4 nitrogen and oxygen atoms in total. The van der Waals surface area contributed by atoms with E-state index >= 15 is 0 Å². The topological polar surface area (TPSA) is 39.7 Å². The normalized spacial score (nSPS) is 14.7. The van der Waals surface area contributed by atoms with Crippen molar-refractivity contribution in [1.82, 2.24) is 10.6 Å². The van der Waals surface area contributed by atoms with Gasteiger partial charge in [0.05, 0.1) is 0 Å². The highest BCUT2D eigenvalue weighted by atomic mass is 127. The van der Waals surface area contributed by atoms with Crippen molar-refractivity contribution in [3.05, 3.63) is 64.4 Å². The van der Waals surface area contributed by atoms with Gasteiger partial charge in [-0.15, -0.1) is 35.3 Å². The average Bonchev–Trinajstić information content (AvgIpc) is 3.36. The molecule has 3 rings (SSSR count). The van der Waals surface area contributed by atoms with Crippen LogP contribution < -0.4 is 15.5 Å². The number of benzene rings is 1. The summed E-state index contributed by atoms with van der Waals surface area (Å²) >= 11 is 1.83. The summed E-state index contributed by atoms with van der Waals surface area (Å²) in [6, 6.07) is 13.0. The van der Waals surface area contributed by atoms with Crippen molar-refractivity contribution in [2.45, 2.75) is 19.9 Å². The molecular formula is C21H29IN4S. The number of guanidine groups is 1. The van der Waals surface area contributed by atoms with Crippen LogP contribution in [0.15, 0.2) is 58.9 Å². The maximum Gasteiger partial charge on any atom is 0.191 e. The van der Waals surface area contributed by atoms with E-state index in [1.54, 1.807) is 0 Å². The molecule has 0 saturated carbocycles. The Morgan fingerprint density at radius 3 is 2.70 bits per heavy atom. The third kappa shape index (κ3) is 6.84. The van der Waals surface area contributed by atoms with Crippen molar-refractivity contribution in [2.24, 2.45) is 10.9 Å². The van der Waals surface area contributed by atoms with Crippen molar-refractivity contribution >= 4 is 47.0 Å². The van der Waals surface area contributed by atoms with Gasteiger partial charge in [-0.2, -0.15) is 0 Å². The fraction of sp³-hybridized carbons (Fsp3) is 0.381. The zero-order chi connectivity index (χ0) is 18.2. The van der Waals surface area contributed by atoms with E-state index in [9.17, 15) is 0 Å². The number of hydrogen-bond donors (Lipinski definition) is 2. The fourth-order valence-corrected chi connectivity index (χ4v) is 3.94.